The Morgan fingerprint density at radius 2 is 2.20 bits per heavy atom. The minimum atomic E-state index is -0.202. The molecule has 2 aromatic rings. The van der Waals surface area contributed by atoms with Gasteiger partial charge in [-0.3, -0.25) is 4.57 Å². The Bertz CT molecular complexity index is 616. The van der Waals surface area contributed by atoms with Crippen LogP contribution in [0.4, 0.5) is 0 Å². The predicted molar refractivity (Wildman–Crippen MR) is 62.1 cm³/mol. The Kier molecular flexibility index (Phi) is 1.89. The maximum atomic E-state index is 11.7. The van der Waals surface area contributed by atoms with Crippen molar-refractivity contribution in [3.8, 4) is 0 Å². The second-order valence-electron chi connectivity index (χ2n) is 3.28. The molecule has 2 heterocycles. The summed E-state index contributed by atoms with van der Waals surface area (Å²) in [5, 5.41) is 2.04. The largest absolute Gasteiger partial charge is 0.353 e. The summed E-state index contributed by atoms with van der Waals surface area (Å²) in [6.07, 6.45) is 3.77. The maximum Gasteiger partial charge on any atom is 0.353 e. The third kappa shape index (κ3) is 1.29. The van der Waals surface area contributed by atoms with E-state index in [1.165, 1.54) is 0 Å². The van der Waals surface area contributed by atoms with Crippen molar-refractivity contribution in [3.05, 3.63) is 40.8 Å². The van der Waals surface area contributed by atoms with Crippen LogP contribution in [0.3, 0.4) is 0 Å². The van der Waals surface area contributed by atoms with Crippen LogP contribution in [0.2, 0.25) is 0 Å². The van der Waals surface area contributed by atoms with Gasteiger partial charge in [0.05, 0.1) is 10.5 Å². The van der Waals surface area contributed by atoms with Crippen molar-refractivity contribution in [1.29, 1.82) is 0 Å². The van der Waals surface area contributed by atoms with Crippen molar-refractivity contribution in [2.24, 2.45) is 0 Å². The normalized spacial score (nSPS) is 14.1. The first-order valence-corrected chi connectivity index (χ1v) is 5.65. The monoisotopic (exact) mass is 216 g/mol. The molecule has 0 saturated carbocycles. The Morgan fingerprint density at radius 1 is 1.33 bits per heavy atom. The summed E-state index contributed by atoms with van der Waals surface area (Å²) in [4.78, 5) is 15.7. The van der Waals surface area contributed by atoms with Crippen molar-refractivity contribution >= 4 is 28.9 Å². The second-order valence-corrected chi connectivity index (χ2v) is 4.29. The fourth-order valence-electron chi connectivity index (χ4n) is 1.68. The highest BCUT2D eigenvalue weighted by atomic mass is 32.2. The lowest BCUT2D eigenvalue weighted by atomic mass is 10.2. The van der Waals surface area contributed by atoms with Crippen LogP contribution in [-0.2, 0) is 0 Å². The predicted octanol–water partition coefficient (Wildman–Crippen LogP) is 1.97. The summed E-state index contributed by atoms with van der Waals surface area (Å²) in [7, 11) is 0. The molecule has 0 atom stereocenters. The van der Waals surface area contributed by atoms with Gasteiger partial charge in [0.1, 0.15) is 0 Å². The van der Waals surface area contributed by atoms with Crippen LogP contribution < -0.4 is 5.69 Å². The van der Waals surface area contributed by atoms with Crippen molar-refractivity contribution in [2.75, 3.05) is 5.75 Å². The van der Waals surface area contributed by atoms with E-state index in [-0.39, 0.29) is 5.69 Å². The molecule has 1 aliphatic rings. The van der Waals surface area contributed by atoms with E-state index in [9.17, 15) is 4.79 Å². The van der Waals surface area contributed by atoms with Gasteiger partial charge in [-0.25, -0.2) is 4.79 Å². The zero-order chi connectivity index (χ0) is 10.3. The molecule has 74 valence electrons. The van der Waals surface area contributed by atoms with Crippen molar-refractivity contribution in [1.82, 2.24) is 9.55 Å². The minimum absolute atomic E-state index is 0.202. The first kappa shape index (κ1) is 8.73. The molecule has 0 bridgehead atoms. The van der Waals surface area contributed by atoms with E-state index < -0.39 is 0 Å². The van der Waals surface area contributed by atoms with E-state index in [1.807, 2.05) is 30.3 Å². The lowest BCUT2D eigenvalue weighted by molar-refractivity contribution is 0.890. The molecule has 1 aromatic heterocycles. The SMILES string of the molecule is O=c1nc2ccccc2c2n1C=CCS2. The van der Waals surface area contributed by atoms with Gasteiger partial charge in [0.2, 0.25) is 0 Å². The van der Waals surface area contributed by atoms with Gasteiger partial charge >= 0.3 is 5.69 Å². The molecule has 0 amide bonds. The number of aromatic nitrogens is 2. The van der Waals surface area contributed by atoms with Crippen LogP contribution in [0.15, 0.2) is 40.2 Å². The zero-order valence-corrected chi connectivity index (χ0v) is 8.70. The summed E-state index contributed by atoms with van der Waals surface area (Å²) in [5.41, 5.74) is 0.573. The van der Waals surface area contributed by atoms with Crippen LogP contribution in [-0.4, -0.2) is 15.3 Å². The fourth-order valence-corrected chi connectivity index (χ4v) is 2.63. The number of fused-ring (bicyclic) bond motifs is 3. The highest BCUT2D eigenvalue weighted by molar-refractivity contribution is 7.99. The summed E-state index contributed by atoms with van der Waals surface area (Å²) >= 11 is 1.67. The molecule has 0 unspecified atom stereocenters. The molecular weight excluding hydrogens is 208 g/mol. The van der Waals surface area contributed by atoms with Gasteiger partial charge in [-0.1, -0.05) is 24.3 Å². The molecule has 1 aliphatic heterocycles. The molecule has 0 spiro atoms. The van der Waals surface area contributed by atoms with Crippen LogP contribution in [0.25, 0.3) is 17.1 Å². The number of benzene rings is 1. The summed E-state index contributed by atoms with van der Waals surface area (Å²) < 4.78 is 1.61. The first-order chi connectivity index (χ1) is 7.36. The van der Waals surface area contributed by atoms with Crippen molar-refractivity contribution in [2.45, 2.75) is 5.03 Å². The molecule has 4 heteroatoms. The van der Waals surface area contributed by atoms with Crippen LogP contribution in [0, 0.1) is 0 Å². The van der Waals surface area contributed by atoms with E-state index in [4.69, 9.17) is 0 Å². The Hall–Kier alpha value is -1.55. The van der Waals surface area contributed by atoms with Gasteiger partial charge in [0, 0.05) is 17.3 Å². The van der Waals surface area contributed by atoms with Gasteiger partial charge in [0.15, 0.2) is 0 Å². The molecule has 0 fully saturated rings. The maximum absolute atomic E-state index is 11.7. The quantitative estimate of drug-likeness (QED) is 0.631. The molecule has 0 aliphatic carbocycles. The molecule has 15 heavy (non-hydrogen) atoms. The second kappa shape index (κ2) is 3.24. The third-order valence-corrected chi connectivity index (χ3v) is 3.40. The van der Waals surface area contributed by atoms with E-state index in [1.54, 1.807) is 22.5 Å². The molecule has 0 saturated heterocycles. The number of hydrogen-bond donors (Lipinski definition) is 0. The average molecular weight is 216 g/mol. The van der Waals surface area contributed by atoms with E-state index in [0.717, 1.165) is 21.7 Å². The standard InChI is InChI=1S/C11H8N2OS/c14-11-12-9-5-2-1-4-8(9)10-13(11)6-3-7-15-10/h1-6H,7H2. The number of thioether (sulfide) groups is 1. The van der Waals surface area contributed by atoms with Gasteiger partial charge in [0.25, 0.3) is 0 Å². The van der Waals surface area contributed by atoms with Crippen LogP contribution >= 0.6 is 11.8 Å². The number of para-hydroxylation sites is 1. The molecule has 1 aromatic carbocycles. The Labute approximate surface area is 90.4 Å². The van der Waals surface area contributed by atoms with E-state index in [2.05, 4.69) is 4.98 Å². The first-order valence-electron chi connectivity index (χ1n) is 4.67. The van der Waals surface area contributed by atoms with Gasteiger partial charge in [-0.05, 0) is 6.07 Å². The number of hydrogen-bond acceptors (Lipinski definition) is 3. The highest BCUT2D eigenvalue weighted by Crippen LogP contribution is 2.27. The van der Waals surface area contributed by atoms with Gasteiger partial charge in [-0.2, -0.15) is 4.98 Å². The molecule has 3 rings (SSSR count). The molecule has 0 N–H and O–H groups in total. The lowest BCUT2D eigenvalue weighted by Crippen LogP contribution is -2.21. The molecular formula is C11H8N2OS. The topological polar surface area (TPSA) is 34.9 Å². The summed E-state index contributed by atoms with van der Waals surface area (Å²) in [6, 6.07) is 7.74. The van der Waals surface area contributed by atoms with Gasteiger partial charge < -0.3 is 0 Å². The van der Waals surface area contributed by atoms with E-state index >= 15 is 0 Å². The van der Waals surface area contributed by atoms with Crippen LogP contribution in [0.1, 0.15) is 0 Å². The Morgan fingerprint density at radius 3 is 3.13 bits per heavy atom. The van der Waals surface area contributed by atoms with Crippen molar-refractivity contribution < 1.29 is 0 Å². The number of nitrogens with zero attached hydrogens (tertiary/aromatic N) is 2. The Balaban J connectivity index is 2.51. The third-order valence-electron chi connectivity index (χ3n) is 2.35. The highest BCUT2D eigenvalue weighted by Gasteiger charge is 2.11. The zero-order valence-electron chi connectivity index (χ0n) is 7.88. The fraction of sp³-hybridized carbons (Fsp3) is 0.0909. The van der Waals surface area contributed by atoms with Crippen LogP contribution in [0.5, 0.6) is 0 Å². The van der Waals surface area contributed by atoms with E-state index in [0.29, 0.717) is 0 Å². The smallest absolute Gasteiger partial charge is 0.262 e. The molecule has 3 nitrogen and oxygen atoms in total. The number of rotatable bonds is 0. The van der Waals surface area contributed by atoms with Gasteiger partial charge in [-0.15, -0.1) is 11.8 Å². The average Bonchev–Trinajstić information content (AvgIpc) is 2.30. The molecule has 0 radical (unpaired) electrons. The lowest BCUT2D eigenvalue weighted by Gasteiger charge is -2.13. The summed E-state index contributed by atoms with van der Waals surface area (Å²) in [5.74, 6) is 0.910. The minimum Gasteiger partial charge on any atom is -0.262 e. The van der Waals surface area contributed by atoms with Crippen molar-refractivity contribution in [3.63, 3.8) is 0 Å². The summed E-state index contributed by atoms with van der Waals surface area (Å²) in [6.45, 7) is 0.